The Morgan fingerprint density at radius 2 is 1.57 bits per heavy atom. The molecule has 0 aliphatic heterocycles. The van der Waals surface area contributed by atoms with E-state index in [1.807, 2.05) is 60.7 Å². The van der Waals surface area contributed by atoms with Crippen molar-refractivity contribution >= 4 is 28.7 Å². The van der Waals surface area contributed by atoms with Gasteiger partial charge in [-0.2, -0.15) is 5.26 Å². The summed E-state index contributed by atoms with van der Waals surface area (Å²) in [6, 6.07) is 25.6. The van der Waals surface area contributed by atoms with Gasteiger partial charge in [-0.05, 0) is 54.6 Å². The van der Waals surface area contributed by atoms with Crippen molar-refractivity contribution in [3.05, 3.63) is 96.3 Å². The Labute approximate surface area is 173 Å². The largest absolute Gasteiger partial charge is 0.457 e. The molecule has 30 heavy (non-hydrogen) atoms. The number of ether oxygens (including phenoxy) is 1. The number of nitrogens with one attached hydrogen (secondary N) is 1. The highest BCUT2D eigenvalue weighted by Crippen LogP contribution is 2.23. The fourth-order valence-electron chi connectivity index (χ4n) is 2.77. The van der Waals surface area contributed by atoms with Crippen molar-refractivity contribution in [3.63, 3.8) is 0 Å². The van der Waals surface area contributed by atoms with E-state index in [0.717, 1.165) is 11.3 Å². The highest BCUT2D eigenvalue weighted by atomic mass is 16.5. The number of para-hydroxylation sites is 3. The van der Waals surface area contributed by atoms with E-state index in [0.29, 0.717) is 22.6 Å². The van der Waals surface area contributed by atoms with Gasteiger partial charge in [0.05, 0.1) is 22.9 Å². The Hall–Kier alpha value is -4.50. The quantitative estimate of drug-likeness (QED) is 0.383. The lowest BCUT2D eigenvalue weighted by molar-refractivity contribution is -0.112. The average Bonchev–Trinajstić information content (AvgIpc) is 2.79. The van der Waals surface area contributed by atoms with Crippen LogP contribution in [0.1, 0.15) is 5.69 Å². The molecule has 0 atom stereocenters. The number of nitriles is 1. The smallest absolute Gasteiger partial charge is 0.266 e. The van der Waals surface area contributed by atoms with Crippen LogP contribution < -0.4 is 10.1 Å². The zero-order chi connectivity index (χ0) is 20.8. The van der Waals surface area contributed by atoms with E-state index < -0.39 is 5.91 Å². The molecule has 0 radical (unpaired) electrons. The number of hydrogen-bond donors (Lipinski definition) is 1. The molecule has 1 aromatic heterocycles. The predicted molar refractivity (Wildman–Crippen MR) is 115 cm³/mol. The first kappa shape index (κ1) is 18.8. The molecule has 4 aromatic rings. The summed E-state index contributed by atoms with van der Waals surface area (Å²) in [5.41, 5.74) is 2.36. The number of benzene rings is 3. The molecule has 0 bridgehead atoms. The molecule has 0 saturated carbocycles. The highest BCUT2D eigenvalue weighted by Gasteiger charge is 2.11. The minimum Gasteiger partial charge on any atom is -0.457 e. The first-order chi connectivity index (χ1) is 14.7. The molecule has 6 nitrogen and oxygen atoms in total. The van der Waals surface area contributed by atoms with Crippen molar-refractivity contribution < 1.29 is 9.53 Å². The molecule has 1 heterocycles. The maximum Gasteiger partial charge on any atom is 0.266 e. The lowest BCUT2D eigenvalue weighted by Crippen LogP contribution is -2.13. The number of carbonyl (C=O) groups is 1. The second kappa shape index (κ2) is 8.67. The molecule has 4 rings (SSSR count). The van der Waals surface area contributed by atoms with Gasteiger partial charge in [0.2, 0.25) is 0 Å². The second-order valence-electron chi connectivity index (χ2n) is 6.35. The molecule has 0 unspecified atom stereocenters. The topological polar surface area (TPSA) is 87.9 Å². The average molecular weight is 392 g/mol. The van der Waals surface area contributed by atoms with E-state index in [-0.39, 0.29) is 5.57 Å². The standard InChI is InChI=1S/C24H16N4O2/c25-15-17(14-19-16-26-22-8-4-5-9-23(22)27-19)24(29)28-18-10-12-21(13-11-18)30-20-6-2-1-3-7-20/h1-14,16H,(H,28,29)/b17-14+. The monoisotopic (exact) mass is 392 g/mol. The Kier molecular flexibility index (Phi) is 5.45. The number of anilines is 1. The zero-order valence-corrected chi connectivity index (χ0v) is 15.8. The molecular weight excluding hydrogens is 376 g/mol. The first-order valence-corrected chi connectivity index (χ1v) is 9.19. The van der Waals surface area contributed by atoms with Crippen LogP contribution in [-0.2, 0) is 4.79 Å². The van der Waals surface area contributed by atoms with Crippen molar-refractivity contribution in [2.24, 2.45) is 0 Å². The summed E-state index contributed by atoms with van der Waals surface area (Å²) < 4.78 is 5.73. The summed E-state index contributed by atoms with van der Waals surface area (Å²) in [6.45, 7) is 0. The van der Waals surface area contributed by atoms with Crippen molar-refractivity contribution in [2.75, 3.05) is 5.32 Å². The molecule has 1 N–H and O–H groups in total. The lowest BCUT2D eigenvalue weighted by atomic mass is 10.2. The predicted octanol–water partition coefficient (Wildman–Crippen LogP) is 4.97. The summed E-state index contributed by atoms with van der Waals surface area (Å²) >= 11 is 0. The van der Waals surface area contributed by atoms with Gasteiger partial charge in [0, 0.05) is 5.69 Å². The van der Waals surface area contributed by atoms with Gasteiger partial charge in [-0.3, -0.25) is 9.78 Å². The lowest BCUT2D eigenvalue weighted by Gasteiger charge is -2.08. The second-order valence-corrected chi connectivity index (χ2v) is 6.35. The SMILES string of the molecule is N#C/C(=C\c1cnc2ccccc2n1)C(=O)Nc1ccc(Oc2ccccc2)cc1. The first-order valence-electron chi connectivity index (χ1n) is 9.19. The maximum atomic E-state index is 12.5. The van der Waals surface area contributed by atoms with Gasteiger partial charge in [-0.1, -0.05) is 30.3 Å². The normalized spacial score (nSPS) is 11.0. The molecule has 6 heteroatoms. The summed E-state index contributed by atoms with van der Waals surface area (Å²) in [7, 11) is 0. The molecule has 144 valence electrons. The van der Waals surface area contributed by atoms with Crippen LogP contribution in [0.3, 0.4) is 0 Å². The number of carbonyl (C=O) groups excluding carboxylic acids is 1. The number of nitrogens with zero attached hydrogens (tertiary/aromatic N) is 3. The third kappa shape index (κ3) is 4.49. The van der Waals surface area contributed by atoms with Crippen molar-refractivity contribution in [1.82, 2.24) is 9.97 Å². The maximum absolute atomic E-state index is 12.5. The van der Waals surface area contributed by atoms with E-state index in [2.05, 4.69) is 15.3 Å². The van der Waals surface area contributed by atoms with Crippen LogP contribution in [0.5, 0.6) is 11.5 Å². The van der Waals surface area contributed by atoms with Crippen LogP contribution in [0.25, 0.3) is 17.1 Å². The fraction of sp³-hybridized carbons (Fsp3) is 0. The number of aromatic nitrogens is 2. The van der Waals surface area contributed by atoms with Crippen LogP contribution in [0.4, 0.5) is 5.69 Å². The van der Waals surface area contributed by atoms with Crippen LogP contribution in [0.15, 0.2) is 90.6 Å². The zero-order valence-electron chi connectivity index (χ0n) is 15.8. The Morgan fingerprint density at radius 1 is 0.900 bits per heavy atom. The molecule has 0 spiro atoms. The Morgan fingerprint density at radius 3 is 2.30 bits per heavy atom. The minimum absolute atomic E-state index is 0.0656. The highest BCUT2D eigenvalue weighted by molar-refractivity contribution is 6.09. The summed E-state index contributed by atoms with van der Waals surface area (Å²) in [5, 5.41) is 12.1. The fourth-order valence-corrected chi connectivity index (χ4v) is 2.77. The van der Waals surface area contributed by atoms with Gasteiger partial charge in [0.25, 0.3) is 5.91 Å². The molecular formula is C24H16N4O2. The molecule has 1 amide bonds. The van der Waals surface area contributed by atoms with Crippen LogP contribution in [0.2, 0.25) is 0 Å². The van der Waals surface area contributed by atoms with Crippen molar-refractivity contribution in [3.8, 4) is 17.6 Å². The number of amides is 1. The van der Waals surface area contributed by atoms with Gasteiger partial charge < -0.3 is 10.1 Å². The van der Waals surface area contributed by atoms with E-state index in [1.54, 1.807) is 24.3 Å². The molecule has 0 fully saturated rings. The van der Waals surface area contributed by atoms with Crippen LogP contribution >= 0.6 is 0 Å². The van der Waals surface area contributed by atoms with Crippen LogP contribution in [0, 0.1) is 11.3 Å². The number of hydrogen-bond acceptors (Lipinski definition) is 5. The third-order valence-electron chi connectivity index (χ3n) is 4.22. The molecule has 0 saturated heterocycles. The minimum atomic E-state index is -0.524. The summed E-state index contributed by atoms with van der Waals surface area (Å²) in [4.78, 5) is 21.2. The summed E-state index contributed by atoms with van der Waals surface area (Å²) in [5.74, 6) is 0.839. The van der Waals surface area contributed by atoms with E-state index in [9.17, 15) is 10.1 Å². The van der Waals surface area contributed by atoms with E-state index in [4.69, 9.17) is 4.74 Å². The third-order valence-corrected chi connectivity index (χ3v) is 4.22. The van der Waals surface area contributed by atoms with Gasteiger partial charge in [-0.15, -0.1) is 0 Å². The van der Waals surface area contributed by atoms with Crippen LogP contribution in [-0.4, -0.2) is 15.9 Å². The van der Waals surface area contributed by atoms with Crippen molar-refractivity contribution in [1.29, 1.82) is 5.26 Å². The van der Waals surface area contributed by atoms with E-state index in [1.165, 1.54) is 12.3 Å². The van der Waals surface area contributed by atoms with Crippen molar-refractivity contribution in [2.45, 2.75) is 0 Å². The van der Waals surface area contributed by atoms with Gasteiger partial charge in [-0.25, -0.2) is 4.98 Å². The molecule has 3 aromatic carbocycles. The molecule has 0 aliphatic carbocycles. The van der Waals surface area contributed by atoms with Gasteiger partial charge >= 0.3 is 0 Å². The number of fused-ring (bicyclic) bond motifs is 1. The Bertz CT molecular complexity index is 1260. The molecule has 0 aliphatic rings. The number of rotatable bonds is 5. The van der Waals surface area contributed by atoms with Gasteiger partial charge in [0.1, 0.15) is 23.1 Å². The Balaban J connectivity index is 1.47. The summed E-state index contributed by atoms with van der Waals surface area (Å²) in [6.07, 6.45) is 2.95. The van der Waals surface area contributed by atoms with Gasteiger partial charge in [0.15, 0.2) is 0 Å². The van der Waals surface area contributed by atoms with E-state index >= 15 is 0 Å².